The van der Waals surface area contributed by atoms with Crippen molar-refractivity contribution in [1.82, 2.24) is 4.31 Å². The lowest BCUT2D eigenvalue weighted by Gasteiger charge is -2.29. The van der Waals surface area contributed by atoms with Crippen LogP contribution in [0.25, 0.3) is 0 Å². The van der Waals surface area contributed by atoms with Crippen molar-refractivity contribution in [2.24, 2.45) is 0 Å². The van der Waals surface area contributed by atoms with Gasteiger partial charge in [0.2, 0.25) is 10.0 Å². The molecule has 0 fully saturated rings. The lowest BCUT2D eigenvalue weighted by atomic mass is 10.1. The van der Waals surface area contributed by atoms with Gasteiger partial charge in [-0.1, -0.05) is 53.8 Å². The zero-order valence-electron chi connectivity index (χ0n) is 21.9. The molecule has 11 heteroatoms. The third-order valence-corrected chi connectivity index (χ3v) is 8.42. The van der Waals surface area contributed by atoms with Gasteiger partial charge in [-0.15, -0.1) is 0 Å². The summed E-state index contributed by atoms with van der Waals surface area (Å²) >= 11 is 6.31. The summed E-state index contributed by atoms with van der Waals surface area (Å²) in [6.07, 6.45) is 0. The number of para-hydroxylation sites is 1. The predicted molar refractivity (Wildman–Crippen MR) is 150 cm³/mol. The van der Waals surface area contributed by atoms with Gasteiger partial charge in [-0.05, 0) is 48.0 Å². The van der Waals surface area contributed by atoms with Crippen molar-refractivity contribution < 1.29 is 32.2 Å². The van der Waals surface area contributed by atoms with Crippen molar-refractivity contribution in [2.75, 3.05) is 38.9 Å². The number of rotatable bonds is 7. The van der Waals surface area contributed by atoms with Gasteiger partial charge in [0.15, 0.2) is 0 Å². The van der Waals surface area contributed by atoms with E-state index in [1.165, 1.54) is 43.4 Å². The number of methoxy groups -OCH3 is 2. The number of esters is 1. The van der Waals surface area contributed by atoms with Gasteiger partial charge < -0.3 is 19.1 Å². The van der Waals surface area contributed by atoms with Crippen LogP contribution in [0.3, 0.4) is 0 Å². The fraction of sp³-hybridized carbons (Fsp3) is 0.241. The third-order valence-electron chi connectivity index (χ3n) is 6.22. The molecular formula is C29H27ClN2O7S. The molecule has 1 aliphatic heterocycles. The molecule has 208 valence electrons. The molecule has 40 heavy (non-hydrogen) atoms. The maximum absolute atomic E-state index is 13.9. The van der Waals surface area contributed by atoms with Gasteiger partial charge >= 0.3 is 5.97 Å². The van der Waals surface area contributed by atoms with E-state index in [0.717, 1.165) is 4.31 Å². The van der Waals surface area contributed by atoms with Gasteiger partial charge in [0.1, 0.15) is 25.0 Å². The van der Waals surface area contributed by atoms with E-state index < -0.39 is 27.9 Å². The Balaban J connectivity index is 1.70. The van der Waals surface area contributed by atoms with E-state index in [1.54, 1.807) is 48.5 Å². The molecule has 0 bridgehead atoms. The number of carbonyl (C=O) groups excluding carboxylic acids is 2. The van der Waals surface area contributed by atoms with Crippen molar-refractivity contribution in [2.45, 2.75) is 17.5 Å². The molecule has 9 nitrogen and oxygen atoms in total. The highest BCUT2D eigenvalue weighted by Crippen LogP contribution is 2.33. The zero-order valence-corrected chi connectivity index (χ0v) is 23.4. The number of anilines is 1. The van der Waals surface area contributed by atoms with Gasteiger partial charge in [-0.2, -0.15) is 4.31 Å². The largest absolute Gasteiger partial charge is 0.481 e. The number of benzene rings is 3. The number of amides is 1. The van der Waals surface area contributed by atoms with E-state index in [9.17, 15) is 18.0 Å². The van der Waals surface area contributed by atoms with Crippen LogP contribution in [0.2, 0.25) is 5.02 Å². The maximum atomic E-state index is 13.9. The highest BCUT2D eigenvalue weighted by molar-refractivity contribution is 7.89. The van der Waals surface area contributed by atoms with Crippen LogP contribution in [-0.4, -0.2) is 64.6 Å². The second kappa shape index (κ2) is 13.0. The number of carbonyl (C=O) groups is 2. The smallest absolute Gasteiger partial charge is 0.326 e. The molecule has 0 spiro atoms. The number of ether oxygens (including phenoxy) is 3. The Labute approximate surface area is 238 Å². The van der Waals surface area contributed by atoms with Crippen LogP contribution in [0.1, 0.15) is 15.9 Å². The molecule has 0 saturated carbocycles. The van der Waals surface area contributed by atoms with Crippen molar-refractivity contribution in [3.8, 4) is 17.6 Å². The highest BCUT2D eigenvalue weighted by Gasteiger charge is 2.42. The minimum atomic E-state index is -4.24. The van der Waals surface area contributed by atoms with Gasteiger partial charge in [0.05, 0.1) is 29.1 Å². The van der Waals surface area contributed by atoms with Gasteiger partial charge in [0.25, 0.3) is 5.91 Å². The van der Waals surface area contributed by atoms with E-state index in [4.69, 9.17) is 25.8 Å². The summed E-state index contributed by atoms with van der Waals surface area (Å²) in [7, 11) is -1.52. The first-order chi connectivity index (χ1) is 19.3. The summed E-state index contributed by atoms with van der Waals surface area (Å²) in [5, 5.41) is 0.236. The average Bonchev–Trinajstić information content (AvgIpc) is 3.15. The number of fused-ring (bicyclic) bond motifs is 1. The minimum Gasteiger partial charge on any atom is -0.481 e. The Hall–Kier alpha value is -3.88. The quantitative estimate of drug-likeness (QED) is 0.309. The summed E-state index contributed by atoms with van der Waals surface area (Å²) in [5.74, 6) is 4.70. The van der Waals surface area contributed by atoms with Crippen LogP contribution in [-0.2, 0) is 30.8 Å². The fourth-order valence-corrected chi connectivity index (χ4v) is 6.00. The van der Waals surface area contributed by atoms with Crippen LogP contribution in [0.4, 0.5) is 5.69 Å². The SMILES string of the molecule is COCC#CCOc1ccc(S(=O)(=O)N2Cc3ccccc3N(C(=O)c3ccccc3Cl)CC2C(=O)OC)cc1. The number of hydrogen-bond acceptors (Lipinski definition) is 7. The number of nitrogens with zero attached hydrogens (tertiary/aromatic N) is 2. The van der Waals surface area contributed by atoms with E-state index in [2.05, 4.69) is 11.8 Å². The normalized spacial score (nSPS) is 15.3. The molecule has 1 amide bonds. The van der Waals surface area contributed by atoms with Gasteiger partial charge in [-0.25, -0.2) is 8.42 Å². The zero-order chi connectivity index (χ0) is 28.7. The molecule has 0 radical (unpaired) electrons. The number of hydrogen-bond donors (Lipinski definition) is 0. The first kappa shape index (κ1) is 29.1. The Bertz CT molecular complexity index is 1550. The highest BCUT2D eigenvalue weighted by atomic mass is 35.5. The van der Waals surface area contributed by atoms with Gasteiger partial charge in [0, 0.05) is 19.3 Å². The van der Waals surface area contributed by atoms with Crippen molar-refractivity contribution in [3.05, 3.63) is 88.9 Å². The second-order valence-electron chi connectivity index (χ2n) is 8.66. The van der Waals surface area contributed by atoms with E-state index in [1.807, 2.05) is 0 Å². The van der Waals surface area contributed by atoms with Crippen LogP contribution in [0.15, 0.2) is 77.7 Å². The van der Waals surface area contributed by atoms with Crippen molar-refractivity contribution in [3.63, 3.8) is 0 Å². The average molecular weight is 583 g/mol. The maximum Gasteiger partial charge on any atom is 0.326 e. The lowest BCUT2D eigenvalue weighted by Crippen LogP contribution is -2.50. The van der Waals surface area contributed by atoms with Gasteiger partial charge in [-0.3, -0.25) is 9.59 Å². The molecule has 4 rings (SSSR count). The minimum absolute atomic E-state index is 0.0532. The Kier molecular flexibility index (Phi) is 9.45. The molecule has 1 aliphatic rings. The summed E-state index contributed by atoms with van der Waals surface area (Å²) in [5.41, 5.74) is 1.23. The topological polar surface area (TPSA) is 102 Å². The molecule has 1 heterocycles. The summed E-state index contributed by atoms with van der Waals surface area (Å²) < 4.78 is 44.3. The van der Waals surface area contributed by atoms with Crippen LogP contribution >= 0.6 is 11.6 Å². The van der Waals surface area contributed by atoms with Crippen molar-refractivity contribution in [1.29, 1.82) is 0 Å². The van der Waals surface area contributed by atoms with E-state index in [-0.39, 0.29) is 41.8 Å². The Morgan fingerprint density at radius 2 is 1.62 bits per heavy atom. The van der Waals surface area contributed by atoms with Crippen LogP contribution in [0.5, 0.6) is 5.75 Å². The molecule has 0 aromatic heterocycles. The first-order valence-electron chi connectivity index (χ1n) is 12.2. The standard InChI is InChI=1S/C29H27ClN2O7S/c1-37-17-7-8-18-39-22-13-15-23(16-14-22)40(35,36)32-19-21-9-3-6-12-26(21)31(20-27(32)29(34)38-2)28(33)24-10-4-5-11-25(24)30/h3-6,9-16,27H,17-20H2,1-2H3. The number of halogens is 1. The summed E-state index contributed by atoms with van der Waals surface area (Å²) in [6.45, 7) is -0.0629. The third kappa shape index (κ3) is 6.29. The fourth-order valence-electron chi connectivity index (χ4n) is 4.24. The first-order valence-corrected chi connectivity index (χ1v) is 14.0. The van der Waals surface area contributed by atoms with E-state index >= 15 is 0 Å². The van der Waals surface area contributed by atoms with Crippen molar-refractivity contribution >= 4 is 39.2 Å². The van der Waals surface area contributed by atoms with Crippen LogP contribution < -0.4 is 9.64 Å². The molecule has 1 atom stereocenters. The number of sulfonamides is 1. The molecule has 0 N–H and O–H groups in total. The molecule has 3 aromatic rings. The summed E-state index contributed by atoms with van der Waals surface area (Å²) in [6, 6.07) is 17.9. The second-order valence-corrected chi connectivity index (χ2v) is 11.0. The monoisotopic (exact) mass is 582 g/mol. The van der Waals surface area contributed by atoms with E-state index in [0.29, 0.717) is 17.0 Å². The predicted octanol–water partition coefficient (Wildman–Crippen LogP) is 3.76. The molecule has 0 saturated heterocycles. The molecule has 0 aliphatic carbocycles. The summed E-state index contributed by atoms with van der Waals surface area (Å²) in [4.78, 5) is 28.1. The lowest BCUT2D eigenvalue weighted by molar-refractivity contribution is -0.144. The molecule has 1 unspecified atom stereocenters. The molecule has 3 aromatic carbocycles. The Morgan fingerprint density at radius 3 is 2.33 bits per heavy atom. The van der Waals surface area contributed by atoms with Crippen LogP contribution in [0, 0.1) is 11.8 Å². The Morgan fingerprint density at radius 1 is 0.950 bits per heavy atom. The molecular weight excluding hydrogens is 556 g/mol.